The third kappa shape index (κ3) is 4.26. The molecule has 3 aromatic rings. The molecule has 3 rings (SSSR count). The number of benzene rings is 2. The monoisotopic (exact) mass is 432 g/mol. The third-order valence-corrected chi connectivity index (χ3v) is 5.81. The van der Waals surface area contributed by atoms with Crippen LogP contribution in [-0.2, 0) is 6.54 Å². The number of aromatic nitrogens is 1. The average molecular weight is 433 g/mol. The van der Waals surface area contributed by atoms with Crippen molar-refractivity contribution >= 4 is 27.3 Å². The fourth-order valence-electron chi connectivity index (χ4n) is 2.68. The smallest absolute Gasteiger partial charge is 0.161 e. The molecule has 6 heteroatoms. The van der Waals surface area contributed by atoms with Gasteiger partial charge in [0.1, 0.15) is 5.01 Å². The molecule has 0 saturated heterocycles. The van der Waals surface area contributed by atoms with Crippen molar-refractivity contribution in [3.05, 3.63) is 63.6 Å². The lowest BCUT2D eigenvalue weighted by atomic mass is 10.1. The van der Waals surface area contributed by atoms with E-state index in [1.807, 2.05) is 24.3 Å². The molecular formula is C20H21BrN2O2S. The van der Waals surface area contributed by atoms with Gasteiger partial charge in [-0.05, 0) is 36.8 Å². The zero-order chi connectivity index (χ0) is 18.5. The summed E-state index contributed by atoms with van der Waals surface area (Å²) in [5.41, 5.74) is 3.29. The molecule has 1 N–H and O–H groups in total. The van der Waals surface area contributed by atoms with E-state index in [2.05, 4.69) is 51.7 Å². The first-order chi connectivity index (χ1) is 12.6. The van der Waals surface area contributed by atoms with Gasteiger partial charge in [0, 0.05) is 28.0 Å². The van der Waals surface area contributed by atoms with Crippen LogP contribution in [0.5, 0.6) is 11.5 Å². The Hall–Kier alpha value is -1.89. The number of rotatable bonds is 7. The molecule has 0 spiro atoms. The van der Waals surface area contributed by atoms with Crippen LogP contribution in [0.2, 0.25) is 0 Å². The van der Waals surface area contributed by atoms with E-state index in [1.54, 1.807) is 25.6 Å². The highest BCUT2D eigenvalue weighted by atomic mass is 79.9. The van der Waals surface area contributed by atoms with Crippen LogP contribution in [0.25, 0.3) is 10.6 Å². The van der Waals surface area contributed by atoms with E-state index in [4.69, 9.17) is 14.5 Å². The number of nitrogens with zero attached hydrogens (tertiary/aromatic N) is 1. The van der Waals surface area contributed by atoms with Gasteiger partial charge in [-0.1, -0.05) is 34.1 Å². The number of thiazole rings is 1. The van der Waals surface area contributed by atoms with Crippen molar-refractivity contribution in [2.75, 3.05) is 14.2 Å². The van der Waals surface area contributed by atoms with Gasteiger partial charge in [0.15, 0.2) is 11.5 Å². The SMILES string of the molecule is COc1ccc(-c2nc(CNC(C)c3ccccc3Br)cs2)cc1OC. The largest absolute Gasteiger partial charge is 0.493 e. The van der Waals surface area contributed by atoms with Crippen molar-refractivity contribution in [1.82, 2.24) is 10.3 Å². The molecule has 0 fully saturated rings. The quantitative estimate of drug-likeness (QED) is 0.539. The molecule has 0 bridgehead atoms. The van der Waals surface area contributed by atoms with E-state index in [1.165, 1.54) is 5.56 Å². The lowest BCUT2D eigenvalue weighted by molar-refractivity contribution is 0.355. The van der Waals surface area contributed by atoms with Gasteiger partial charge in [-0.3, -0.25) is 0 Å². The van der Waals surface area contributed by atoms with E-state index in [-0.39, 0.29) is 6.04 Å². The first kappa shape index (κ1) is 18.9. The molecule has 1 unspecified atom stereocenters. The van der Waals surface area contributed by atoms with Crippen LogP contribution in [0.1, 0.15) is 24.2 Å². The normalized spacial score (nSPS) is 12.0. The fraction of sp³-hybridized carbons (Fsp3) is 0.250. The predicted molar refractivity (Wildman–Crippen MR) is 110 cm³/mol. The van der Waals surface area contributed by atoms with Crippen LogP contribution in [0.3, 0.4) is 0 Å². The van der Waals surface area contributed by atoms with E-state index in [0.29, 0.717) is 12.3 Å². The second-order valence-corrected chi connectivity index (χ2v) is 7.55. The minimum absolute atomic E-state index is 0.233. The topological polar surface area (TPSA) is 43.4 Å². The first-order valence-corrected chi connectivity index (χ1v) is 9.94. The highest BCUT2D eigenvalue weighted by Gasteiger charge is 2.12. The van der Waals surface area contributed by atoms with E-state index < -0.39 is 0 Å². The summed E-state index contributed by atoms with van der Waals surface area (Å²) in [7, 11) is 3.28. The molecule has 1 atom stereocenters. The molecular weight excluding hydrogens is 412 g/mol. The van der Waals surface area contributed by atoms with Crippen LogP contribution in [0.15, 0.2) is 52.3 Å². The molecule has 0 radical (unpaired) electrons. The Balaban J connectivity index is 1.69. The second kappa shape index (κ2) is 8.66. The summed E-state index contributed by atoms with van der Waals surface area (Å²) in [6.45, 7) is 2.87. The summed E-state index contributed by atoms with van der Waals surface area (Å²) in [6.07, 6.45) is 0. The molecule has 4 nitrogen and oxygen atoms in total. The third-order valence-electron chi connectivity index (χ3n) is 4.14. The molecule has 0 saturated carbocycles. The van der Waals surface area contributed by atoms with Crippen molar-refractivity contribution in [1.29, 1.82) is 0 Å². The zero-order valence-corrected chi connectivity index (χ0v) is 17.4. The number of halogens is 1. The molecule has 0 aliphatic rings. The standard InChI is InChI=1S/C20H21BrN2O2S/c1-13(16-6-4-5-7-17(16)21)22-11-15-12-26-20(23-15)14-8-9-18(24-2)19(10-14)25-3/h4-10,12-13,22H,11H2,1-3H3. The van der Waals surface area contributed by atoms with Crippen molar-refractivity contribution in [3.63, 3.8) is 0 Å². The number of hydrogen-bond acceptors (Lipinski definition) is 5. The van der Waals surface area contributed by atoms with E-state index >= 15 is 0 Å². The molecule has 1 aromatic heterocycles. The van der Waals surface area contributed by atoms with Crippen LogP contribution >= 0.6 is 27.3 Å². The molecule has 2 aromatic carbocycles. The van der Waals surface area contributed by atoms with Crippen molar-refractivity contribution in [2.24, 2.45) is 0 Å². The predicted octanol–water partition coefficient (Wildman–Crippen LogP) is 5.44. The molecule has 0 aliphatic carbocycles. The Morgan fingerprint density at radius 3 is 2.62 bits per heavy atom. The van der Waals surface area contributed by atoms with Gasteiger partial charge in [0.05, 0.1) is 19.9 Å². The van der Waals surface area contributed by atoms with Gasteiger partial charge in [0.2, 0.25) is 0 Å². The highest BCUT2D eigenvalue weighted by Crippen LogP contribution is 2.33. The Morgan fingerprint density at radius 1 is 1.12 bits per heavy atom. The van der Waals surface area contributed by atoms with Gasteiger partial charge < -0.3 is 14.8 Å². The van der Waals surface area contributed by atoms with Gasteiger partial charge in [0.25, 0.3) is 0 Å². The summed E-state index contributed by atoms with van der Waals surface area (Å²) >= 11 is 5.24. The van der Waals surface area contributed by atoms with E-state index in [9.17, 15) is 0 Å². The number of ether oxygens (including phenoxy) is 2. The number of methoxy groups -OCH3 is 2. The summed E-state index contributed by atoms with van der Waals surface area (Å²) in [4.78, 5) is 4.75. The summed E-state index contributed by atoms with van der Waals surface area (Å²) < 4.78 is 11.8. The highest BCUT2D eigenvalue weighted by molar-refractivity contribution is 9.10. The lowest BCUT2D eigenvalue weighted by Gasteiger charge is -2.15. The van der Waals surface area contributed by atoms with Crippen molar-refractivity contribution in [3.8, 4) is 22.1 Å². The van der Waals surface area contributed by atoms with Gasteiger partial charge >= 0.3 is 0 Å². The Labute approximate surface area is 166 Å². The number of hydrogen-bond donors (Lipinski definition) is 1. The summed E-state index contributed by atoms with van der Waals surface area (Å²) in [5.74, 6) is 1.43. The Kier molecular flexibility index (Phi) is 6.29. The average Bonchev–Trinajstić information content (AvgIpc) is 3.15. The van der Waals surface area contributed by atoms with Gasteiger partial charge in [-0.2, -0.15) is 0 Å². The van der Waals surface area contributed by atoms with Crippen molar-refractivity contribution < 1.29 is 9.47 Å². The zero-order valence-electron chi connectivity index (χ0n) is 15.0. The summed E-state index contributed by atoms with van der Waals surface area (Å²) in [6, 6.07) is 14.4. The maximum Gasteiger partial charge on any atom is 0.161 e. The molecule has 136 valence electrons. The molecule has 1 heterocycles. The van der Waals surface area contributed by atoms with Crippen LogP contribution in [0, 0.1) is 0 Å². The second-order valence-electron chi connectivity index (χ2n) is 5.84. The van der Waals surface area contributed by atoms with Crippen LogP contribution in [-0.4, -0.2) is 19.2 Å². The van der Waals surface area contributed by atoms with Gasteiger partial charge in [-0.15, -0.1) is 11.3 Å². The molecule has 0 amide bonds. The molecule has 26 heavy (non-hydrogen) atoms. The minimum Gasteiger partial charge on any atom is -0.493 e. The lowest BCUT2D eigenvalue weighted by Crippen LogP contribution is -2.18. The maximum absolute atomic E-state index is 5.38. The van der Waals surface area contributed by atoms with E-state index in [0.717, 1.165) is 26.5 Å². The first-order valence-electron chi connectivity index (χ1n) is 8.27. The Morgan fingerprint density at radius 2 is 1.88 bits per heavy atom. The molecule has 0 aliphatic heterocycles. The van der Waals surface area contributed by atoms with Crippen LogP contribution in [0.4, 0.5) is 0 Å². The fourth-order valence-corrected chi connectivity index (χ4v) is 4.13. The minimum atomic E-state index is 0.233. The van der Waals surface area contributed by atoms with Gasteiger partial charge in [-0.25, -0.2) is 4.98 Å². The summed E-state index contributed by atoms with van der Waals surface area (Å²) in [5, 5.41) is 6.59. The maximum atomic E-state index is 5.38. The van der Waals surface area contributed by atoms with Crippen LogP contribution < -0.4 is 14.8 Å². The van der Waals surface area contributed by atoms with Crippen molar-refractivity contribution in [2.45, 2.75) is 19.5 Å². The number of nitrogens with one attached hydrogen (secondary N) is 1. The Bertz CT molecular complexity index is 882.